The van der Waals surface area contributed by atoms with Crippen molar-refractivity contribution in [1.82, 2.24) is 0 Å². The van der Waals surface area contributed by atoms with Gasteiger partial charge in [0.05, 0.1) is 0 Å². The molecule has 1 rings (SSSR count). The molecule has 0 saturated carbocycles. The van der Waals surface area contributed by atoms with Crippen molar-refractivity contribution >= 4 is 22.4 Å². The Hall–Kier alpha value is -1.08. The van der Waals surface area contributed by atoms with Gasteiger partial charge in [0, 0.05) is 5.56 Å². The molecule has 1 aromatic carbocycles. The quantitative estimate of drug-likeness (QED) is 0.573. The third-order valence-corrected chi connectivity index (χ3v) is 3.72. The summed E-state index contributed by atoms with van der Waals surface area (Å²) < 4.78 is 24.8. The second-order valence-electron chi connectivity index (χ2n) is 6.43. The predicted octanol–water partition coefficient (Wildman–Crippen LogP) is 4.83. The van der Waals surface area contributed by atoms with E-state index in [1.54, 1.807) is 18.4 Å². The van der Waals surface area contributed by atoms with E-state index in [2.05, 4.69) is 39.3 Å². The SMILES string of the molecule is C[Si](C)(C)OC=C(O[Si](C)(C)C)c1ccc(F)cc1. The molecule has 0 radical (unpaired) electrons. The summed E-state index contributed by atoms with van der Waals surface area (Å²) in [6, 6.07) is 6.31. The lowest BCUT2D eigenvalue weighted by molar-refractivity contribution is 0.440. The summed E-state index contributed by atoms with van der Waals surface area (Å²) in [7, 11) is -3.39. The Morgan fingerprint density at radius 2 is 1.47 bits per heavy atom. The van der Waals surface area contributed by atoms with Crippen LogP contribution in [0.1, 0.15) is 5.56 Å². The molecule has 0 amide bonds. The van der Waals surface area contributed by atoms with E-state index in [0.717, 1.165) is 5.56 Å². The summed E-state index contributed by atoms with van der Waals surface area (Å²) in [6.07, 6.45) is 1.69. The summed E-state index contributed by atoms with van der Waals surface area (Å²) in [4.78, 5) is 0. The summed E-state index contributed by atoms with van der Waals surface area (Å²) in [5, 5.41) is 0. The van der Waals surface area contributed by atoms with Crippen LogP contribution in [-0.4, -0.2) is 16.6 Å². The molecule has 0 aliphatic carbocycles. The molecule has 0 atom stereocenters. The molecule has 5 heteroatoms. The van der Waals surface area contributed by atoms with Crippen LogP contribution in [0.3, 0.4) is 0 Å². The molecular formula is C14H23FO2Si2. The van der Waals surface area contributed by atoms with Crippen molar-refractivity contribution in [2.24, 2.45) is 0 Å². The zero-order chi connectivity index (χ0) is 14.7. The molecule has 0 spiro atoms. The first-order chi connectivity index (χ1) is 8.57. The third kappa shape index (κ3) is 6.59. The molecule has 2 nitrogen and oxygen atoms in total. The first kappa shape index (κ1) is 16.0. The van der Waals surface area contributed by atoms with E-state index >= 15 is 0 Å². The van der Waals surface area contributed by atoms with Gasteiger partial charge in [-0.25, -0.2) is 4.39 Å². The average Bonchev–Trinajstić information content (AvgIpc) is 2.23. The minimum absolute atomic E-state index is 0.248. The van der Waals surface area contributed by atoms with Crippen molar-refractivity contribution in [1.29, 1.82) is 0 Å². The molecule has 0 aliphatic rings. The van der Waals surface area contributed by atoms with Crippen LogP contribution in [0.25, 0.3) is 5.76 Å². The Morgan fingerprint density at radius 3 is 1.89 bits per heavy atom. The predicted molar refractivity (Wildman–Crippen MR) is 83.2 cm³/mol. The van der Waals surface area contributed by atoms with E-state index in [1.807, 2.05) is 0 Å². The Labute approximate surface area is 117 Å². The molecule has 19 heavy (non-hydrogen) atoms. The zero-order valence-corrected chi connectivity index (χ0v) is 14.6. The van der Waals surface area contributed by atoms with Crippen LogP contribution in [0, 0.1) is 5.82 Å². The van der Waals surface area contributed by atoms with E-state index in [-0.39, 0.29) is 5.82 Å². The number of hydrogen-bond donors (Lipinski definition) is 0. The molecule has 0 aliphatic heterocycles. The van der Waals surface area contributed by atoms with Crippen LogP contribution < -0.4 is 0 Å². The van der Waals surface area contributed by atoms with Gasteiger partial charge in [0.15, 0.2) is 0 Å². The lowest BCUT2D eigenvalue weighted by atomic mass is 10.2. The molecule has 0 bridgehead atoms. The van der Waals surface area contributed by atoms with Gasteiger partial charge < -0.3 is 8.85 Å². The maximum Gasteiger partial charge on any atom is 0.242 e. The summed E-state index contributed by atoms with van der Waals surface area (Å²) in [5.74, 6) is 0.448. The second kappa shape index (κ2) is 5.92. The van der Waals surface area contributed by atoms with Gasteiger partial charge in [-0.3, -0.25) is 0 Å². The number of halogens is 1. The van der Waals surface area contributed by atoms with Gasteiger partial charge in [-0.05, 0) is 63.5 Å². The summed E-state index contributed by atoms with van der Waals surface area (Å²) >= 11 is 0. The minimum atomic E-state index is -1.74. The van der Waals surface area contributed by atoms with Crippen LogP contribution in [0.15, 0.2) is 30.5 Å². The fourth-order valence-corrected chi connectivity index (χ4v) is 2.61. The average molecular weight is 299 g/mol. The van der Waals surface area contributed by atoms with Crippen molar-refractivity contribution in [2.75, 3.05) is 0 Å². The molecule has 1 aromatic rings. The molecule has 0 unspecified atom stereocenters. The molecule has 0 heterocycles. The van der Waals surface area contributed by atoms with E-state index in [1.165, 1.54) is 12.1 Å². The van der Waals surface area contributed by atoms with Crippen molar-refractivity contribution in [3.05, 3.63) is 41.9 Å². The van der Waals surface area contributed by atoms with Crippen LogP contribution in [0.2, 0.25) is 39.3 Å². The standard InChI is InChI=1S/C14H23FO2Si2/c1-18(2,3)16-11-14(17-19(4,5)6)12-7-9-13(15)10-8-12/h7-11H,1-6H3. The van der Waals surface area contributed by atoms with E-state index in [4.69, 9.17) is 8.85 Å². The highest BCUT2D eigenvalue weighted by molar-refractivity contribution is 6.71. The van der Waals surface area contributed by atoms with E-state index in [9.17, 15) is 4.39 Å². The number of rotatable bonds is 5. The van der Waals surface area contributed by atoms with Crippen molar-refractivity contribution in [3.8, 4) is 0 Å². The lowest BCUT2D eigenvalue weighted by Crippen LogP contribution is -2.26. The van der Waals surface area contributed by atoms with Crippen LogP contribution in [-0.2, 0) is 8.85 Å². The van der Waals surface area contributed by atoms with Crippen molar-refractivity contribution < 1.29 is 13.2 Å². The summed E-state index contributed by atoms with van der Waals surface area (Å²) in [5.41, 5.74) is 0.849. The Morgan fingerprint density at radius 1 is 0.947 bits per heavy atom. The summed E-state index contributed by atoms with van der Waals surface area (Å²) in [6.45, 7) is 12.7. The van der Waals surface area contributed by atoms with Gasteiger partial charge in [-0.1, -0.05) is 0 Å². The maximum atomic E-state index is 13.0. The van der Waals surface area contributed by atoms with Gasteiger partial charge in [-0.2, -0.15) is 0 Å². The van der Waals surface area contributed by atoms with Gasteiger partial charge in [-0.15, -0.1) is 0 Å². The smallest absolute Gasteiger partial charge is 0.242 e. The molecule has 0 N–H and O–H groups in total. The monoisotopic (exact) mass is 298 g/mol. The maximum absolute atomic E-state index is 13.0. The lowest BCUT2D eigenvalue weighted by Gasteiger charge is -2.24. The molecule has 0 saturated heterocycles. The van der Waals surface area contributed by atoms with Gasteiger partial charge in [0.25, 0.3) is 0 Å². The fraction of sp³-hybridized carbons (Fsp3) is 0.429. The normalized spacial score (nSPS) is 13.3. The highest BCUT2D eigenvalue weighted by Crippen LogP contribution is 2.22. The van der Waals surface area contributed by atoms with E-state index in [0.29, 0.717) is 5.76 Å². The second-order valence-corrected chi connectivity index (χ2v) is 15.3. The topological polar surface area (TPSA) is 18.5 Å². The van der Waals surface area contributed by atoms with Crippen LogP contribution in [0.4, 0.5) is 4.39 Å². The van der Waals surface area contributed by atoms with Gasteiger partial charge in [0.2, 0.25) is 16.6 Å². The number of hydrogen-bond acceptors (Lipinski definition) is 2. The minimum Gasteiger partial charge on any atom is -0.547 e. The Balaban J connectivity index is 3.02. The van der Waals surface area contributed by atoms with Crippen LogP contribution in [0.5, 0.6) is 0 Å². The first-order valence-electron chi connectivity index (χ1n) is 6.40. The number of benzene rings is 1. The zero-order valence-electron chi connectivity index (χ0n) is 12.6. The first-order valence-corrected chi connectivity index (χ1v) is 13.2. The Kier molecular flexibility index (Phi) is 4.98. The van der Waals surface area contributed by atoms with Gasteiger partial charge in [0.1, 0.15) is 17.8 Å². The highest BCUT2D eigenvalue weighted by Gasteiger charge is 2.20. The molecule has 0 fully saturated rings. The highest BCUT2D eigenvalue weighted by atomic mass is 28.4. The third-order valence-electron chi connectivity index (χ3n) is 2.06. The molecule has 0 aromatic heterocycles. The van der Waals surface area contributed by atoms with Crippen LogP contribution >= 0.6 is 0 Å². The molecular weight excluding hydrogens is 275 g/mol. The van der Waals surface area contributed by atoms with Crippen molar-refractivity contribution in [3.63, 3.8) is 0 Å². The fourth-order valence-electron chi connectivity index (χ4n) is 1.33. The Bertz CT molecular complexity index is 442. The van der Waals surface area contributed by atoms with Crippen molar-refractivity contribution in [2.45, 2.75) is 39.3 Å². The van der Waals surface area contributed by atoms with E-state index < -0.39 is 16.6 Å². The largest absolute Gasteiger partial charge is 0.547 e. The molecule has 106 valence electrons. The van der Waals surface area contributed by atoms with Gasteiger partial charge >= 0.3 is 0 Å².